The highest BCUT2D eigenvalue weighted by atomic mass is 35.5. The van der Waals surface area contributed by atoms with Crippen LogP contribution in [0, 0.1) is 0 Å². The van der Waals surface area contributed by atoms with Crippen LogP contribution in [0.25, 0.3) is 16.3 Å². The van der Waals surface area contributed by atoms with Gasteiger partial charge in [0, 0.05) is 18.7 Å². The van der Waals surface area contributed by atoms with E-state index in [1.54, 1.807) is 23.1 Å². The number of thioether (sulfide) groups is 1. The molecule has 0 N–H and O–H groups in total. The summed E-state index contributed by atoms with van der Waals surface area (Å²) in [4.78, 5) is 3.25. The minimum absolute atomic E-state index is 0.579. The van der Waals surface area contributed by atoms with Gasteiger partial charge in [-0.2, -0.15) is 4.57 Å². The van der Waals surface area contributed by atoms with Crippen molar-refractivity contribution in [2.75, 3.05) is 11.4 Å². The Bertz CT molecular complexity index is 1170. The van der Waals surface area contributed by atoms with Gasteiger partial charge >= 0.3 is 0 Å². The first-order valence-corrected chi connectivity index (χ1v) is 12.2. The van der Waals surface area contributed by atoms with Crippen LogP contribution in [0.5, 0.6) is 0 Å². The number of nitrogens with zero attached hydrogens (tertiary/aromatic N) is 2. The zero-order chi connectivity index (χ0) is 20.7. The highest BCUT2D eigenvalue weighted by Crippen LogP contribution is 2.51. The maximum atomic E-state index is 6.42. The number of hydrogen-bond donors (Lipinski definition) is 0. The number of anilines is 1. The van der Waals surface area contributed by atoms with Gasteiger partial charge in [-0.3, -0.25) is 0 Å². The first-order valence-electron chi connectivity index (χ1n) is 9.08. The lowest BCUT2D eigenvalue weighted by molar-refractivity contribution is -0.665. The first-order chi connectivity index (χ1) is 14.0. The van der Waals surface area contributed by atoms with E-state index < -0.39 is 0 Å². The smallest absolute Gasteiger partial charge is 0.262 e. The van der Waals surface area contributed by atoms with Gasteiger partial charge in [0.05, 0.1) is 35.7 Å². The van der Waals surface area contributed by atoms with E-state index in [1.165, 1.54) is 0 Å². The quantitative estimate of drug-likeness (QED) is 0.331. The first kappa shape index (κ1) is 21.4. The van der Waals surface area contributed by atoms with Gasteiger partial charge in [0.25, 0.3) is 5.01 Å². The molecule has 2 heterocycles. The largest absolute Gasteiger partial charge is 0.335 e. The van der Waals surface area contributed by atoms with Crippen molar-refractivity contribution in [3.63, 3.8) is 0 Å². The number of aromatic nitrogens is 1. The number of hydrogen-bond acceptors (Lipinski definition) is 3. The molecule has 0 saturated heterocycles. The molecule has 1 aromatic heterocycles. The molecule has 2 nitrogen and oxygen atoms in total. The maximum Gasteiger partial charge on any atom is 0.262 e. The summed E-state index contributed by atoms with van der Waals surface area (Å²) in [5.74, 6) is 0. The van der Waals surface area contributed by atoms with Gasteiger partial charge in [-0.15, -0.1) is 0 Å². The Morgan fingerprint density at radius 2 is 1.72 bits per heavy atom. The number of halogens is 4. The van der Waals surface area contributed by atoms with E-state index in [1.807, 2.05) is 24.3 Å². The maximum absolute atomic E-state index is 6.42. The van der Waals surface area contributed by atoms with Crippen molar-refractivity contribution in [3.8, 4) is 0 Å². The van der Waals surface area contributed by atoms with Crippen LogP contribution in [0.3, 0.4) is 0 Å². The number of rotatable bonds is 4. The third-order valence-corrected chi connectivity index (χ3v) is 8.89. The Balaban J connectivity index is 1.69. The zero-order valence-electron chi connectivity index (χ0n) is 15.7. The van der Waals surface area contributed by atoms with E-state index in [0.717, 1.165) is 43.9 Å². The van der Waals surface area contributed by atoms with E-state index in [4.69, 9.17) is 46.4 Å². The average Bonchev–Trinajstić information content (AvgIpc) is 3.26. The van der Waals surface area contributed by atoms with Gasteiger partial charge in [0.2, 0.25) is 5.52 Å². The van der Waals surface area contributed by atoms with Crippen LogP contribution in [0.15, 0.2) is 46.3 Å². The Morgan fingerprint density at radius 1 is 1.00 bits per heavy atom. The zero-order valence-corrected chi connectivity index (χ0v) is 20.3. The summed E-state index contributed by atoms with van der Waals surface area (Å²) in [7, 11) is 0. The predicted octanol–water partition coefficient (Wildman–Crippen LogP) is 8.31. The molecule has 2 aromatic carbocycles. The van der Waals surface area contributed by atoms with Crippen LogP contribution in [0.1, 0.15) is 18.9 Å². The van der Waals surface area contributed by atoms with Crippen molar-refractivity contribution in [3.05, 3.63) is 66.5 Å². The monoisotopic (exact) mass is 501 g/mol. The summed E-state index contributed by atoms with van der Waals surface area (Å²) in [5.41, 5.74) is 2.19. The van der Waals surface area contributed by atoms with Crippen molar-refractivity contribution < 1.29 is 4.57 Å². The summed E-state index contributed by atoms with van der Waals surface area (Å²) >= 11 is 28.5. The third kappa shape index (κ3) is 3.80. The topological polar surface area (TPSA) is 7.12 Å². The lowest BCUT2D eigenvalue weighted by Crippen LogP contribution is -2.33. The molecular weight excluding hydrogens is 486 g/mol. The molecule has 150 valence electrons. The van der Waals surface area contributed by atoms with Gasteiger partial charge in [-0.25, -0.2) is 0 Å². The van der Waals surface area contributed by atoms with Crippen LogP contribution >= 0.6 is 69.5 Å². The standard InChI is InChI=1S/C21H17Cl4N2S2/c1-3-26-14-10-8-12(22)18(24)20(14)28-16(26)6-5-7-17-27(4-2)15-11-9-13(23)19(25)21(15)29-17/h5-11H,3-4H2,1-2H3/q+1. The van der Waals surface area contributed by atoms with Crippen LogP contribution in [0.4, 0.5) is 5.69 Å². The molecule has 8 heteroatoms. The second-order valence-corrected chi connectivity index (χ2v) is 9.95. The fourth-order valence-electron chi connectivity index (χ4n) is 3.33. The minimum Gasteiger partial charge on any atom is -0.335 e. The average molecular weight is 503 g/mol. The van der Waals surface area contributed by atoms with Crippen molar-refractivity contribution in [2.24, 2.45) is 0 Å². The van der Waals surface area contributed by atoms with E-state index >= 15 is 0 Å². The van der Waals surface area contributed by atoms with Gasteiger partial charge in [-0.1, -0.05) is 75.6 Å². The second kappa shape index (κ2) is 8.70. The minimum atomic E-state index is 0.579. The summed E-state index contributed by atoms with van der Waals surface area (Å²) in [6, 6.07) is 7.74. The Morgan fingerprint density at radius 3 is 2.45 bits per heavy atom. The Hall–Kier alpha value is -0.880. The van der Waals surface area contributed by atoms with Gasteiger partial charge < -0.3 is 4.90 Å². The fraction of sp³-hybridized carbons (Fsp3) is 0.190. The Labute approximate surface area is 198 Å². The molecule has 0 aliphatic carbocycles. The number of allylic oxidation sites excluding steroid dienone is 2. The van der Waals surface area contributed by atoms with Crippen molar-refractivity contribution in [1.82, 2.24) is 0 Å². The van der Waals surface area contributed by atoms with Crippen LogP contribution < -0.4 is 9.47 Å². The number of aryl methyl sites for hydroxylation is 1. The van der Waals surface area contributed by atoms with Crippen molar-refractivity contribution in [2.45, 2.75) is 25.3 Å². The molecule has 0 fully saturated rings. The van der Waals surface area contributed by atoms with Crippen LogP contribution in [0.2, 0.25) is 20.1 Å². The van der Waals surface area contributed by atoms with Gasteiger partial charge in [-0.05, 0) is 38.1 Å². The highest BCUT2D eigenvalue weighted by molar-refractivity contribution is 8.03. The summed E-state index contributed by atoms with van der Waals surface area (Å²) in [5, 5.41) is 4.62. The molecule has 0 spiro atoms. The molecular formula is C21H17Cl4N2S2+. The van der Waals surface area contributed by atoms with Crippen LogP contribution in [-0.2, 0) is 6.54 Å². The fourth-order valence-corrected chi connectivity index (χ4v) is 6.66. The van der Waals surface area contributed by atoms with Crippen molar-refractivity contribution in [1.29, 1.82) is 0 Å². The number of fused-ring (bicyclic) bond motifs is 2. The number of benzene rings is 2. The van der Waals surface area contributed by atoms with E-state index in [-0.39, 0.29) is 0 Å². The molecule has 0 unspecified atom stereocenters. The van der Waals surface area contributed by atoms with Gasteiger partial charge in [0.1, 0.15) is 11.2 Å². The summed E-state index contributed by atoms with van der Waals surface area (Å²) < 4.78 is 3.25. The highest BCUT2D eigenvalue weighted by Gasteiger charge is 2.27. The molecule has 0 radical (unpaired) electrons. The molecule has 0 atom stereocenters. The normalized spacial score (nSPS) is 15.2. The third-order valence-electron chi connectivity index (χ3n) is 4.70. The lowest BCUT2D eigenvalue weighted by atomic mass is 10.3. The molecule has 4 rings (SSSR count). The van der Waals surface area contributed by atoms with E-state index in [2.05, 4.69) is 41.5 Å². The Kier molecular flexibility index (Phi) is 6.41. The SMILES string of the molecule is CCN1/C(=C/C=C/c2sc3c(Cl)c(Cl)ccc3[n+]2CC)Sc2c1ccc(Cl)c2Cl. The molecule has 29 heavy (non-hydrogen) atoms. The van der Waals surface area contributed by atoms with Gasteiger partial charge in [0.15, 0.2) is 0 Å². The van der Waals surface area contributed by atoms with Crippen LogP contribution in [-0.4, -0.2) is 6.54 Å². The molecule has 0 saturated carbocycles. The van der Waals surface area contributed by atoms with E-state index in [0.29, 0.717) is 20.1 Å². The lowest BCUT2D eigenvalue weighted by Gasteiger charge is -2.17. The van der Waals surface area contributed by atoms with Crippen molar-refractivity contribution >= 4 is 91.5 Å². The second-order valence-electron chi connectivity index (χ2n) is 6.31. The molecule has 1 aliphatic heterocycles. The number of thiazole rings is 1. The summed E-state index contributed by atoms with van der Waals surface area (Å²) in [6.45, 7) is 5.95. The predicted molar refractivity (Wildman–Crippen MR) is 130 cm³/mol. The molecule has 0 bridgehead atoms. The summed E-state index contributed by atoms with van der Waals surface area (Å²) in [6.07, 6.45) is 6.29. The molecule has 1 aliphatic rings. The molecule has 0 amide bonds. The van der Waals surface area contributed by atoms with E-state index in [9.17, 15) is 0 Å². The molecule has 3 aromatic rings.